The van der Waals surface area contributed by atoms with Crippen LogP contribution in [-0.4, -0.2) is 52.2 Å². The van der Waals surface area contributed by atoms with Gasteiger partial charge in [0, 0.05) is 48.6 Å². The number of carbonyl (C=O) groups excluding carboxylic acids is 1. The molecule has 4 aromatic rings. The van der Waals surface area contributed by atoms with Gasteiger partial charge in [0.05, 0.1) is 11.6 Å². The number of benzene rings is 3. The van der Waals surface area contributed by atoms with Gasteiger partial charge in [0.1, 0.15) is 11.5 Å². The van der Waals surface area contributed by atoms with E-state index in [2.05, 4.69) is 9.88 Å². The monoisotopic (exact) mass is 499 g/mol. The Balaban J connectivity index is 1.38. The number of aromatic nitrogens is 1. The van der Waals surface area contributed by atoms with E-state index in [1.807, 2.05) is 59.5 Å². The lowest BCUT2D eigenvalue weighted by Gasteiger charge is -2.36. The van der Waals surface area contributed by atoms with Gasteiger partial charge in [-0.25, -0.2) is 0 Å². The predicted molar refractivity (Wildman–Crippen MR) is 141 cm³/mol. The second-order valence-electron chi connectivity index (χ2n) is 8.84. The summed E-state index contributed by atoms with van der Waals surface area (Å²) in [6.07, 6.45) is 1.67. The van der Waals surface area contributed by atoms with Crippen molar-refractivity contribution in [2.24, 2.45) is 0 Å². The van der Waals surface area contributed by atoms with Gasteiger partial charge in [-0.2, -0.15) is 0 Å². The van der Waals surface area contributed by atoms with Gasteiger partial charge >= 0.3 is 0 Å². The number of hydrogen-bond acceptors (Lipinski definition) is 5. The van der Waals surface area contributed by atoms with E-state index >= 15 is 0 Å². The van der Waals surface area contributed by atoms with E-state index in [1.54, 1.807) is 36.5 Å². The lowest BCUT2D eigenvalue weighted by Crippen LogP contribution is -2.48. The van der Waals surface area contributed by atoms with Crippen LogP contribution in [0.15, 0.2) is 91.1 Å². The van der Waals surface area contributed by atoms with Gasteiger partial charge in [-0.15, -0.1) is 0 Å². The van der Waals surface area contributed by atoms with Gasteiger partial charge in [-0.1, -0.05) is 35.9 Å². The maximum Gasteiger partial charge on any atom is 0.254 e. The Bertz CT molecular complexity index is 1290. The summed E-state index contributed by atoms with van der Waals surface area (Å²) in [4.78, 5) is 22.2. The normalized spacial score (nSPS) is 13.7. The molecule has 6 nitrogen and oxygen atoms in total. The van der Waals surface area contributed by atoms with Crippen LogP contribution in [0.25, 0.3) is 0 Å². The molecule has 0 spiro atoms. The quantitative estimate of drug-likeness (QED) is 0.390. The number of hydrogen-bond donors (Lipinski definition) is 2. The van der Waals surface area contributed by atoms with E-state index < -0.39 is 0 Å². The van der Waals surface area contributed by atoms with Crippen LogP contribution in [-0.2, 0) is 0 Å². The topological polar surface area (TPSA) is 76.9 Å². The summed E-state index contributed by atoms with van der Waals surface area (Å²) < 4.78 is 0. The number of piperazine rings is 1. The van der Waals surface area contributed by atoms with E-state index in [1.165, 1.54) is 0 Å². The summed E-state index contributed by atoms with van der Waals surface area (Å²) in [5.74, 6) is 0.0703. The zero-order valence-corrected chi connectivity index (χ0v) is 20.3. The molecule has 2 N–H and O–H groups in total. The van der Waals surface area contributed by atoms with E-state index in [-0.39, 0.29) is 23.3 Å². The molecule has 1 aliphatic rings. The number of nitrogens with zero attached hydrogens (tertiary/aromatic N) is 3. The minimum atomic E-state index is -0.263. The van der Waals surface area contributed by atoms with Gasteiger partial charge < -0.3 is 20.0 Å². The number of phenolic OH excluding ortho intramolecular Hbond substituents is 2. The Labute approximate surface area is 215 Å². The maximum atomic E-state index is 13.4. The average Bonchev–Trinajstić information content (AvgIpc) is 2.91. The van der Waals surface area contributed by atoms with Crippen LogP contribution in [0.4, 0.5) is 5.69 Å². The largest absolute Gasteiger partial charge is 0.508 e. The van der Waals surface area contributed by atoms with Crippen molar-refractivity contribution < 1.29 is 15.0 Å². The van der Waals surface area contributed by atoms with Crippen molar-refractivity contribution in [1.82, 2.24) is 9.88 Å². The second-order valence-corrected chi connectivity index (χ2v) is 9.28. The smallest absolute Gasteiger partial charge is 0.254 e. The molecule has 0 atom stereocenters. The molecule has 0 radical (unpaired) electrons. The first-order valence-electron chi connectivity index (χ1n) is 11.8. The fraction of sp³-hybridized carbons (Fsp3) is 0.172. The first-order chi connectivity index (χ1) is 17.5. The number of rotatable bonds is 5. The van der Waals surface area contributed by atoms with Crippen LogP contribution >= 0.6 is 11.6 Å². The predicted octanol–water partition coefficient (Wildman–Crippen LogP) is 5.29. The van der Waals surface area contributed by atoms with Crippen molar-refractivity contribution in [1.29, 1.82) is 0 Å². The molecule has 1 fully saturated rings. The summed E-state index contributed by atoms with van der Waals surface area (Å²) in [7, 11) is 0. The van der Waals surface area contributed by atoms with Gasteiger partial charge in [0.25, 0.3) is 5.91 Å². The molecule has 1 aromatic heterocycles. The third-order valence-electron chi connectivity index (χ3n) is 6.54. The van der Waals surface area contributed by atoms with Gasteiger partial charge in [-0.05, 0) is 71.8 Å². The molecule has 1 aliphatic heterocycles. The Morgan fingerprint density at radius 1 is 0.778 bits per heavy atom. The molecule has 1 amide bonds. The highest BCUT2D eigenvalue weighted by Gasteiger charge is 2.25. The van der Waals surface area contributed by atoms with E-state index in [4.69, 9.17) is 11.6 Å². The van der Waals surface area contributed by atoms with Crippen LogP contribution in [0.1, 0.15) is 33.1 Å². The van der Waals surface area contributed by atoms with Gasteiger partial charge in [-0.3, -0.25) is 9.78 Å². The molecule has 7 heteroatoms. The molecule has 0 aliphatic carbocycles. The van der Waals surface area contributed by atoms with E-state index in [0.717, 1.165) is 35.6 Å². The van der Waals surface area contributed by atoms with Crippen LogP contribution in [0, 0.1) is 0 Å². The average molecular weight is 500 g/mol. The van der Waals surface area contributed by atoms with Crippen LogP contribution < -0.4 is 4.90 Å². The zero-order chi connectivity index (χ0) is 25.1. The first kappa shape index (κ1) is 23.7. The van der Waals surface area contributed by atoms with Crippen molar-refractivity contribution in [3.05, 3.63) is 119 Å². The summed E-state index contributed by atoms with van der Waals surface area (Å²) in [5, 5.41) is 20.3. The Kier molecular flexibility index (Phi) is 6.78. The van der Waals surface area contributed by atoms with Crippen molar-refractivity contribution in [3.8, 4) is 11.5 Å². The minimum absolute atomic E-state index is 0.0235. The molecule has 3 aromatic carbocycles. The third-order valence-corrected chi connectivity index (χ3v) is 6.79. The Morgan fingerprint density at radius 3 is 1.89 bits per heavy atom. The highest BCUT2D eigenvalue weighted by molar-refractivity contribution is 6.30. The van der Waals surface area contributed by atoms with Crippen LogP contribution in [0.2, 0.25) is 5.02 Å². The van der Waals surface area contributed by atoms with E-state index in [9.17, 15) is 15.0 Å². The summed E-state index contributed by atoms with van der Waals surface area (Å²) in [6.45, 7) is 2.74. The molecular weight excluding hydrogens is 474 g/mol. The molecule has 182 valence electrons. The maximum absolute atomic E-state index is 13.4. The summed E-state index contributed by atoms with van der Waals surface area (Å²) >= 11 is 6.01. The van der Waals surface area contributed by atoms with Crippen molar-refractivity contribution in [2.75, 3.05) is 31.1 Å². The number of aromatic hydroxyl groups is 2. The van der Waals surface area contributed by atoms with Crippen molar-refractivity contribution in [2.45, 2.75) is 5.92 Å². The fourth-order valence-electron chi connectivity index (χ4n) is 4.61. The summed E-state index contributed by atoms with van der Waals surface area (Å²) in [5.41, 5.74) is 4.25. The van der Waals surface area contributed by atoms with Gasteiger partial charge in [0.15, 0.2) is 0 Å². The Hall–Kier alpha value is -4.03. The van der Waals surface area contributed by atoms with Crippen molar-refractivity contribution >= 4 is 23.2 Å². The molecule has 36 heavy (non-hydrogen) atoms. The molecule has 2 heterocycles. The number of carbonyl (C=O) groups is 1. The number of phenols is 2. The zero-order valence-electron chi connectivity index (χ0n) is 19.6. The molecular formula is C29H26ClN3O3. The van der Waals surface area contributed by atoms with Gasteiger partial charge in [0.2, 0.25) is 0 Å². The lowest BCUT2D eigenvalue weighted by molar-refractivity contribution is 0.0746. The molecule has 0 saturated carbocycles. The number of amides is 1. The molecule has 5 rings (SSSR count). The molecule has 0 unspecified atom stereocenters. The number of halogens is 1. The highest BCUT2D eigenvalue weighted by Crippen LogP contribution is 2.33. The van der Waals surface area contributed by atoms with Crippen LogP contribution in [0.3, 0.4) is 0 Å². The number of pyridine rings is 1. The molecule has 1 saturated heterocycles. The Morgan fingerprint density at radius 2 is 1.33 bits per heavy atom. The standard InChI is InChI=1S/C29H26ClN3O3/c30-23-5-7-24(8-6-23)32-15-17-33(18-16-32)29(36)22-13-14-31-27(19-22)28(20-1-9-25(34)10-2-20)21-3-11-26(35)12-4-21/h1-14,19,28,34-35H,15-18H2. The second kappa shape index (κ2) is 10.3. The van der Waals surface area contributed by atoms with E-state index in [0.29, 0.717) is 23.7 Å². The summed E-state index contributed by atoms with van der Waals surface area (Å²) in [6, 6.07) is 25.3. The lowest BCUT2D eigenvalue weighted by atomic mass is 9.87. The highest BCUT2D eigenvalue weighted by atomic mass is 35.5. The first-order valence-corrected chi connectivity index (χ1v) is 12.2. The van der Waals surface area contributed by atoms with Crippen molar-refractivity contribution in [3.63, 3.8) is 0 Å². The minimum Gasteiger partial charge on any atom is -0.508 e. The number of anilines is 1. The third kappa shape index (κ3) is 5.14. The SMILES string of the molecule is O=C(c1ccnc(C(c2ccc(O)cc2)c2ccc(O)cc2)c1)N1CCN(c2ccc(Cl)cc2)CC1. The van der Waals surface area contributed by atoms with Crippen LogP contribution in [0.5, 0.6) is 11.5 Å². The molecule has 0 bridgehead atoms. The fourth-order valence-corrected chi connectivity index (χ4v) is 4.73.